The van der Waals surface area contributed by atoms with Gasteiger partial charge in [0.1, 0.15) is 0 Å². The monoisotopic (exact) mass is 258 g/mol. The van der Waals surface area contributed by atoms with Gasteiger partial charge in [-0.15, -0.1) is 0 Å². The molecule has 3 nitrogen and oxygen atoms in total. The molecule has 1 aromatic carbocycles. The van der Waals surface area contributed by atoms with Gasteiger partial charge in [-0.25, -0.2) is 0 Å². The van der Waals surface area contributed by atoms with E-state index in [1.807, 2.05) is 0 Å². The zero-order valence-electron chi connectivity index (χ0n) is 11.4. The van der Waals surface area contributed by atoms with Crippen molar-refractivity contribution in [1.82, 2.24) is 9.47 Å². The van der Waals surface area contributed by atoms with Crippen molar-refractivity contribution >= 4 is 10.9 Å². The summed E-state index contributed by atoms with van der Waals surface area (Å²) >= 11 is 0. The molecule has 0 saturated carbocycles. The van der Waals surface area contributed by atoms with Gasteiger partial charge in [-0.3, -0.25) is 4.90 Å². The second-order valence-corrected chi connectivity index (χ2v) is 5.23. The molecule has 3 heteroatoms. The average Bonchev–Trinajstić information content (AvgIpc) is 2.88. The van der Waals surface area contributed by atoms with Crippen molar-refractivity contribution in [1.29, 1.82) is 0 Å². The number of aromatic nitrogens is 1. The SMILES string of the molecule is c1ccc2c(c1)ccn2CCCCN1CCOCC1. The first-order valence-corrected chi connectivity index (χ1v) is 7.27. The summed E-state index contributed by atoms with van der Waals surface area (Å²) in [5.41, 5.74) is 1.36. The molecule has 0 aliphatic carbocycles. The summed E-state index contributed by atoms with van der Waals surface area (Å²) in [6.07, 6.45) is 4.72. The smallest absolute Gasteiger partial charge is 0.0594 e. The van der Waals surface area contributed by atoms with Crippen molar-refractivity contribution in [2.24, 2.45) is 0 Å². The lowest BCUT2D eigenvalue weighted by molar-refractivity contribution is 0.0371. The molecule has 2 aromatic rings. The number of para-hydroxylation sites is 1. The second-order valence-electron chi connectivity index (χ2n) is 5.23. The van der Waals surface area contributed by atoms with Gasteiger partial charge < -0.3 is 9.30 Å². The number of fused-ring (bicyclic) bond motifs is 1. The molecule has 0 N–H and O–H groups in total. The Hall–Kier alpha value is -1.32. The lowest BCUT2D eigenvalue weighted by atomic mass is 10.2. The molecule has 1 saturated heterocycles. The van der Waals surface area contributed by atoms with E-state index in [1.54, 1.807) is 0 Å². The van der Waals surface area contributed by atoms with Crippen molar-refractivity contribution in [3.8, 4) is 0 Å². The molecule has 0 atom stereocenters. The second kappa shape index (κ2) is 6.22. The Morgan fingerprint density at radius 1 is 0.947 bits per heavy atom. The molecule has 19 heavy (non-hydrogen) atoms. The minimum atomic E-state index is 0.905. The van der Waals surface area contributed by atoms with Crippen molar-refractivity contribution < 1.29 is 4.74 Å². The quantitative estimate of drug-likeness (QED) is 0.767. The number of aryl methyl sites for hydroxylation is 1. The van der Waals surface area contributed by atoms with Gasteiger partial charge in [0.15, 0.2) is 0 Å². The average molecular weight is 258 g/mol. The maximum Gasteiger partial charge on any atom is 0.0594 e. The van der Waals surface area contributed by atoms with E-state index in [0.717, 1.165) is 32.8 Å². The highest BCUT2D eigenvalue weighted by atomic mass is 16.5. The molecule has 102 valence electrons. The molecule has 0 unspecified atom stereocenters. The molecular weight excluding hydrogens is 236 g/mol. The highest BCUT2D eigenvalue weighted by molar-refractivity contribution is 5.79. The van der Waals surface area contributed by atoms with Crippen LogP contribution in [0.25, 0.3) is 10.9 Å². The Morgan fingerprint density at radius 3 is 2.63 bits per heavy atom. The predicted molar refractivity (Wildman–Crippen MR) is 78.4 cm³/mol. The van der Waals surface area contributed by atoms with Crippen LogP contribution in [0.15, 0.2) is 36.5 Å². The first-order valence-electron chi connectivity index (χ1n) is 7.27. The summed E-state index contributed by atoms with van der Waals surface area (Å²) in [5, 5.41) is 1.34. The largest absolute Gasteiger partial charge is 0.379 e. The normalized spacial score (nSPS) is 17.1. The molecule has 1 aliphatic rings. The Balaban J connectivity index is 1.47. The molecular formula is C16H22N2O. The number of rotatable bonds is 5. The van der Waals surface area contributed by atoms with E-state index in [4.69, 9.17) is 4.74 Å². The van der Waals surface area contributed by atoms with Gasteiger partial charge in [-0.05, 0) is 36.9 Å². The summed E-state index contributed by atoms with van der Waals surface area (Å²) in [4.78, 5) is 2.51. The summed E-state index contributed by atoms with van der Waals surface area (Å²) < 4.78 is 7.74. The molecule has 3 rings (SSSR count). The third kappa shape index (κ3) is 3.17. The van der Waals surface area contributed by atoms with Gasteiger partial charge in [-0.1, -0.05) is 18.2 Å². The third-order valence-electron chi connectivity index (χ3n) is 3.91. The van der Waals surface area contributed by atoms with Gasteiger partial charge >= 0.3 is 0 Å². The van der Waals surface area contributed by atoms with E-state index in [1.165, 1.54) is 30.3 Å². The number of hydrogen-bond acceptors (Lipinski definition) is 2. The summed E-state index contributed by atoms with van der Waals surface area (Å²) in [5.74, 6) is 0. The van der Waals surface area contributed by atoms with Crippen LogP contribution in [0.3, 0.4) is 0 Å². The van der Waals surface area contributed by atoms with Crippen molar-refractivity contribution in [3.63, 3.8) is 0 Å². The van der Waals surface area contributed by atoms with E-state index >= 15 is 0 Å². The van der Waals surface area contributed by atoms with Crippen molar-refractivity contribution in [2.75, 3.05) is 32.8 Å². The fourth-order valence-electron chi connectivity index (χ4n) is 2.78. The zero-order chi connectivity index (χ0) is 12.9. The summed E-state index contributed by atoms with van der Waals surface area (Å²) in [7, 11) is 0. The predicted octanol–water partition coefficient (Wildman–Crippen LogP) is 2.75. The van der Waals surface area contributed by atoms with E-state index in [2.05, 4.69) is 46.0 Å². The summed E-state index contributed by atoms with van der Waals surface area (Å²) in [6.45, 7) is 6.35. The highest BCUT2D eigenvalue weighted by Crippen LogP contribution is 2.15. The number of unbranched alkanes of at least 4 members (excludes halogenated alkanes) is 1. The van der Waals surface area contributed by atoms with Crippen LogP contribution in [0.5, 0.6) is 0 Å². The fraction of sp³-hybridized carbons (Fsp3) is 0.500. The topological polar surface area (TPSA) is 17.4 Å². The molecule has 0 spiro atoms. The summed E-state index contributed by atoms with van der Waals surface area (Å²) in [6, 6.07) is 10.8. The van der Waals surface area contributed by atoms with Crippen LogP contribution in [0.2, 0.25) is 0 Å². The van der Waals surface area contributed by atoms with E-state index < -0.39 is 0 Å². The number of hydrogen-bond donors (Lipinski definition) is 0. The van der Waals surface area contributed by atoms with Crippen LogP contribution in [-0.4, -0.2) is 42.3 Å². The molecule has 1 fully saturated rings. The first kappa shape index (κ1) is 12.7. The first-order chi connectivity index (χ1) is 9.43. The van der Waals surface area contributed by atoms with Gasteiger partial charge in [0.2, 0.25) is 0 Å². The zero-order valence-corrected chi connectivity index (χ0v) is 11.4. The molecule has 2 heterocycles. The van der Waals surface area contributed by atoms with Crippen LogP contribution in [0, 0.1) is 0 Å². The van der Waals surface area contributed by atoms with Crippen molar-refractivity contribution in [2.45, 2.75) is 19.4 Å². The molecule has 0 bridgehead atoms. The fourth-order valence-corrected chi connectivity index (χ4v) is 2.78. The standard InChI is InChI=1S/C16H22N2O/c1-2-6-16-15(5-1)7-10-18(16)9-4-3-8-17-11-13-19-14-12-17/h1-2,5-7,10H,3-4,8-9,11-14H2. The molecule has 1 aliphatic heterocycles. The highest BCUT2D eigenvalue weighted by Gasteiger charge is 2.09. The lowest BCUT2D eigenvalue weighted by Crippen LogP contribution is -2.36. The maximum atomic E-state index is 5.37. The Morgan fingerprint density at radius 2 is 1.74 bits per heavy atom. The van der Waals surface area contributed by atoms with E-state index in [0.29, 0.717) is 0 Å². The van der Waals surface area contributed by atoms with Crippen LogP contribution in [-0.2, 0) is 11.3 Å². The Bertz CT molecular complexity index is 514. The van der Waals surface area contributed by atoms with E-state index in [9.17, 15) is 0 Å². The minimum Gasteiger partial charge on any atom is -0.379 e. The Labute approximate surface area is 114 Å². The lowest BCUT2D eigenvalue weighted by Gasteiger charge is -2.26. The maximum absolute atomic E-state index is 5.37. The van der Waals surface area contributed by atoms with Gasteiger partial charge in [-0.2, -0.15) is 0 Å². The number of ether oxygens (including phenoxy) is 1. The van der Waals surface area contributed by atoms with Crippen LogP contribution in [0.4, 0.5) is 0 Å². The van der Waals surface area contributed by atoms with Crippen LogP contribution < -0.4 is 0 Å². The number of benzene rings is 1. The van der Waals surface area contributed by atoms with E-state index in [-0.39, 0.29) is 0 Å². The Kier molecular flexibility index (Phi) is 4.16. The van der Waals surface area contributed by atoms with Crippen LogP contribution in [0.1, 0.15) is 12.8 Å². The van der Waals surface area contributed by atoms with Gasteiger partial charge in [0.05, 0.1) is 13.2 Å². The number of morpholine rings is 1. The van der Waals surface area contributed by atoms with Gasteiger partial charge in [0, 0.05) is 31.3 Å². The van der Waals surface area contributed by atoms with Crippen LogP contribution >= 0.6 is 0 Å². The molecule has 0 amide bonds. The third-order valence-corrected chi connectivity index (χ3v) is 3.91. The number of nitrogens with zero attached hydrogens (tertiary/aromatic N) is 2. The van der Waals surface area contributed by atoms with Crippen molar-refractivity contribution in [3.05, 3.63) is 36.5 Å². The molecule has 0 radical (unpaired) electrons. The molecule has 1 aromatic heterocycles. The van der Waals surface area contributed by atoms with Gasteiger partial charge in [0.25, 0.3) is 0 Å². The minimum absolute atomic E-state index is 0.905.